The van der Waals surface area contributed by atoms with Gasteiger partial charge in [0.05, 0.1) is 15.4 Å². The summed E-state index contributed by atoms with van der Waals surface area (Å²) in [6.07, 6.45) is 0. The predicted octanol–water partition coefficient (Wildman–Crippen LogP) is 2.78. The number of carbonyl (C=O) groups is 1. The van der Waals surface area contributed by atoms with E-state index in [2.05, 4.69) is 15.9 Å². The van der Waals surface area contributed by atoms with Gasteiger partial charge in [0.25, 0.3) is 0 Å². The van der Waals surface area contributed by atoms with E-state index in [-0.39, 0.29) is 10.2 Å². The number of aryl methyl sites for hydroxylation is 1. The van der Waals surface area contributed by atoms with Crippen molar-refractivity contribution in [3.05, 3.63) is 34.2 Å². The highest BCUT2D eigenvalue weighted by atomic mass is 79.9. The molecule has 0 aliphatic heterocycles. The molecule has 2 aromatic rings. The second kappa shape index (κ2) is 3.34. The molecule has 0 amide bonds. The summed E-state index contributed by atoms with van der Waals surface area (Å²) in [6, 6.07) is 4.53. The maximum absolute atomic E-state index is 13.5. The number of aromatic carboxylic acids is 1. The van der Waals surface area contributed by atoms with Crippen molar-refractivity contribution < 1.29 is 14.3 Å². The van der Waals surface area contributed by atoms with Crippen LogP contribution in [0.5, 0.6) is 0 Å². The third-order valence-electron chi connectivity index (χ3n) is 2.32. The van der Waals surface area contributed by atoms with Gasteiger partial charge in [-0.05, 0) is 28.1 Å². The Morgan fingerprint density at radius 2 is 2.20 bits per heavy atom. The second-order valence-electron chi connectivity index (χ2n) is 3.16. The minimum absolute atomic E-state index is 0.0510. The fraction of sp³-hybridized carbons (Fsp3) is 0.100. The Morgan fingerprint density at radius 3 is 2.73 bits per heavy atom. The number of carboxylic acids is 1. The molecule has 0 spiro atoms. The lowest BCUT2D eigenvalue weighted by atomic mass is 10.2. The van der Waals surface area contributed by atoms with E-state index in [0.717, 1.165) is 0 Å². The van der Waals surface area contributed by atoms with E-state index < -0.39 is 11.8 Å². The number of nitrogens with zero attached hydrogens (tertiary/aromatic N) is 1. The summed E-state index contributed by atoms with van der Waals surface area (Å²) in [5, 5.41) is 9.27. The van der Waals surface area contributed by atoms with Crippen LogP contribution in [-0.4, -0.2) is 15.6 Å². The van der Waals surface area contributed by atoms with Crippen molar-refractivity contribution in [2.45, 2.75) is 0 Å². The van der Waals surface area contributed by atoms with Gasteiger partial charge in [0.15, 0.2) is 0 Å². The Bertz CT molecular complexity index is 562. The second-order valence-corrected chi connectivity index (χ2v) is 3.95. The van der Waals surface area contributed by atoms with Crippen LogP contribution in [0.15, 0.2) is 22.7 Å². The van der Waals surface area contributed by atoms with Crippen molar-refractivity contribution in [3.8, 4) is 0 Å². The van der Waals surface area contributed by atoms with Crippen LogP contribution < -0.4 is 0 Å². The normalized spacial score (nSPS) is 10.9. The van der Waals surface area contributed by atoms with Crippen molar-refractivity contribution in [1.29, 1.82) is 0 Å². The van der Waals surface area contributed by atoms with Gasteiger partial charge in [-0.2, -0.15) is 0 Å². The summed E-state index contributed by atoms with van der Waals surface area (Å²) in [4.78, 5) is 11.0. The summed E-state index contributed by atoms with van der Waals surface area (Å²) in [5.41, 5.74) is 0.606. The van der Waals surface area contributed by atoms with E-state index in [9.17, 15) is 9.18 Å². The van der Waals surface area contributed by atoms with E-state index in [4.69, 9.17) is 5.11 Å². The molecule has 1 N–H and O–H groups in total. The summed E-state index contributed by atoms with van der Waals surface area (Å²) in [5.74, 6) is -1.51. The lowest BCUT2D eigenvalue weighted by molar-refractivity contribution is 0.0686. The zero-order valence-electron chi connectivity index (χ0n) is 7.79. The lowest BCUT2D eigenvalue weighted by Crippen LogP contribution is -2.04. The minimum Gasteiger partial charge on any atom is -0.477 e. The number of fused-ring (bicyclic) bond motifs is 1. The van der Waals surface area contributed by atoms with Crippen LogP contribution in [0, 0.1) is 5.82 Å². The number of halogens is 2. The fourth-order valence-electron chi connectivity index (χ4n) is 1.63. The molecule has 1 heterocycles. The molecule has 15 heavy (non-hydrogen) atoms. The van der Waals surface area contributed by atoms with Gasteiger partial charge in [-0.1, -0.05) is 6.07 Å². The molecule has 0 radical (unpaired) electrons. The molecule has 3 nitrogen and oxygen atoms in total. The summed E-state index contributed by atoms with van der Waals surface area (Å²) >= 11 is 3.11. The molecule has 2 rings (SSSR count). The molecule has 0 saturated heterocycles. The first-order chi connectivity index (χ1) is 7.04. The molecule has 0 aliphatic carbocycles. The highest BCUT2D eigenvalue weighted by Crippen LogP contribution is 2.32. The van der Waals surface area contributed by atoms with Gasteiger partial charge in [-0.3, -0.25) is 0 Å². The number of benzene rings is 1. The predicted molar refractivity (Wildman–Crippen MR) is 57.5 cm³/mol. The van der Waals surface area contributed by atoms with Crippen molar-refractivity contribution in [2.75, 3.05) is 0 Å². The van der Waals surface area contributed by atoms with Crippen LogP contribution in [0.3, 0.4) is 0 Å². The van der Waals surface area contributed by atoms with E-state index in [0.29, 0.717) is 10.9 Å². The SMILES string of the molecule is Cn1c(C(=O)O)c(Br)c2c(F)cccc21. The van der Waals surface area contributed by atoms with E-state index in [1.807, 2.05) is 0 Å². The quantitative estimate of drug-likeness (QED) is 0.867. The number of hydrogen-bond donors (Lipinski definition) is 1. The maximum Gasteiger partial charge on any atom is 0.353 e. The molecule has 1 aromatic heterocycles. The van der Waals surface area contributed by atoms with Crippen molar-refractivity contribution in [2.24, 2.45) is 7.05 Å². The molecule has 0 saturated carbocycles. The maximum atomic E-state index is 13.5. The Labute approximate surface area is 93.3 Å². The van der Waals surface area contributed by atoms with Crippen LogP contribution in [0.4, 0.5) is 4.39 Å². The molecule has 1 aromatic carbocycles. The van der Waals surface area contributed by atoms with Gasteiger partial charge in [0, 0.05) is 7.05 Å². The summed E-state index contributed by atoms with van der Waals surface area (Å²) < 4.78 is 15.2. The van der Waals surface area contributed by atoms with Gasteiger partial charge in [-0.15, -0.1) is 0 Å². The highest BCUT2D eigenvalue weighted by Gasteiger charge is 2.20. The molecule has 0 bridgehead atoms. The van der Waals surface area contributed by atoms with Crippen molar-refractivity contribution >= 4 is 32.8 Å². The Kier molecular flexibility index (Phi) is 2.26. The van der Waals surface area contributed by atoms with E-state index in [1.165, 1.54) is 10.6 Å². The molecule has 0 unspecified atom stereocenters. The van der Waals surface area contributed by atoms with Gasteiger partial charge < -0.3 is 9.67 Å². The average molecular weight is 272 g/mol. The zero-order valence-corrected chi connectivity index (χ0v) is 9.38. The smallest absolute Gasteiger partial charge is 0.353 e. The number of carboxylic acid groups (broad SMARTS) is 1. The van der Waals surface area contributed by atoms with Gasteiger partial charge >= 0.3 is 5.97 Å². The molecule has 0 aliphatic rings. The van der Waals surface area contributed by atoms with E-state index in [1.54, 1.807) is 19.2 Å². The highest BCUT2D eigenvalue weighted by molar-refractivity contribution is 9.10. The number of aromatic nitrogens is 1. The molecule has 0 fully saturated rings. The minimum atomic E-state index is -1.08. The average Bonchev–Trinajstić information content (AvgIpc) is 2.40. The summed E-state index contributed by atoms with van der Waals surface area (Å²) in [6.45, 7) is 0. The molecule has 78 valence electrons. The fourth-order valence-corrected chi connectivity index (χ4v) is 2.46. The van der Waals surface area contributed by atoms with Crippen LogP contribution in [0.25, 0.3) is 10.9 Å². The van der Waals surface area contributed by atoms with Crippen molar-refractivity contribution in [3.63, 3.8) is 0 Å². The number of hydrogen-bond acceptors (Lipinski definition) is 1. The molecular weight excluding hydrogens is 265 g/mol. The first kappa shape index (κ1) is 10.2. The van der Waals surface area contributed by atoms with Crippen LogP contribution in [-0.2, 0) is 7.05 Å². The standard InChI is InChI=1S/C10H7BrFNO2/c1-13-6-4-2-3-5(12)7(6)8(11)9(13)10(14)15/h2-4H,1H3,(H,14,15). The van der Waals surface area contributed by atoms with Crippen LogP contribution in [0.2, 0.25) is 0 Å². The van der Waals surface area contributed by atoms with Crippen molar-refractivity contribution in [1.82, 2.24) is 4.57 Å². The topological polar surface area (TPSA) is 42.2 Å². The molecule has 5 heteroatoms. The molecule has 0 atom stereocenters. The van der Waals surface area contributed by atoms with Gasteiger partial charge in [0.1, 0.15) is 11.5 Å². The van der Waals surface area contributed by atoms with Crippen LogP contribution in [0.1, 0.15) is 10.5 Å². The van der Waals surface area contributed by atoms with Gasteiger partial charge in [0.2, 0.25) is 0 Å². The monoisotopic (exact) mass is 271 g/mol. The van der Waals surface area contributed by atoms with Gasteiger partial charge in [-0.25, -0.2) is 9.18 Å². The van der Waals surface area contributed by atoms with Crippen LogP contribution >= 0.6 is 15.9 Å². The third kappa shape index (κ3) is 1.34. The third-order valence-corrected chi connectivity index (χ3v) is 3.09. The Hall–Kier alpha value is -1.36. The number of rotatable bonds is 1. The first-order valence-corrected chi connectivity index (χ1v) is 4.99. The molecular formula is C10H7BrFNO2. The summed E-state index contributed by atoms with van der Waals surface area (Å²) in [7, 11) is 1.59. The Morgan fingerprint density at radius 1 is 1.53 bits per heavy atom. The zero-order chi connectivity index (χ0) is 11.2. The lowest BCUT2D eigenvalue weighted by Gasteiger charge is -1.98. The largest absolute Gasteiger partial charge is 0.477 e. The Balaban J connectivity index is 2.98. The van der Waals surface area contributed by atoms with E-state index >= 15 is 0 Å². The first-order valence-electron chi connectivity index (χ1n) is 4.19.